The second-order valence-corrected chi connectivity index (χ2v) is 6.09. The Balaban J connectivity index is 2.27. The Labute approximate surface area is 136 Å². The van der Waals surface area contributed by atoms with E-state index in [-0.39, 0.29) is 0 Å². The van der Waals surface area contributed by atoms with Crippen LogP contribution in [-0.2, 0) is 17.8 Å². The Morgan fingerprint density at radius 2 is 1.78 bits per heavy atom. The Morgan fingerprint density at radius 3 is 2.39 bits per heavy atom. The van der Waals surface area contributed by atoms with Crippen LogP contribution in [0.5, 0.6) is 11.5 Å². The van der Waals surface area contributed by atoms with Crippen molar-refractivity contribution in [2.24, 2.45) is 5.41 Å². The van der Waals surface area contributed by atoms with E-state index in [0.717, 1.165) is 11.1 Å². The maximum atomic E-state index is 11.4. The smallest absolute Gasteiger partial charge is 0.309 e. The van der Waals surface area contributed by atoms with E-state index in [9.17, 15) is 9.90 Å². The monoisotopic (exact) mass is 314 g/mol. The predicted octanol–water partition coefficient (Wildman–Crippen LogP) is 3.93. The summed E-state index contributed by atoms with van der Waals surface area (Å²) in [7, 11) is 1.58. The minimum Gasteiger partial charge on any atom is -0.493 e. The topological polar surface area (TPSA) is 55.8 Å². The van der Waals surface area contributed by atoms with E-state index in [2.05, 4.69) is 0 Å². The molecule has 0 atom stereocenters. The van der Waals surface area contributed by atoms with Crippen LogP contribution >= 0.6 is 0 Å². The van der Waals surface area contributed by atoms with Crippen LogP contribution in [0.3, 0.4) is 0 Å². The van der Waals surface area contributed by atoms with Gasteiger partial charge in [0.15, 0.2) is 11.5 Å². The SMILES string of the molecule is COc1cccc(CC(C)(C)C(=O)O)c1OCc1ccccc1. The third-order valence-corrected chi connectivity index (χ3v) is 3.72. The first-order valence-corrected chi connectivity index (χ1v) is 7.50. The Morgan fingerprint density at radius 1 is 1.09 bits per heavy atom. The van der Waals surface area contributed by atoms with Gasteiger partial charge in [-0.3, -0.25) is 4.79 Å². The summed E-state index contributed by atoms with van der Waals surface area (Å²) in [6.45, 7) is 3.81. The number of benzene rings is 2. The van der Waals surface area contributed by atoms with Crippen molar-refractivity contribution >= 4 is 5.97 Å². The zero-order chi connectivity index (χ0) is 16.9. The molecule has 2 aromatic rings. The summed E-state index contributed by atoms with van der Waals surface area (Å²) < 4.78 is 11.3. The number of ether oxygens (including phenoxy) is 2. The van der Waals surface area contributed by atoms with Gasteiger partial charge in [-0.05, 0) is 37.5 Å². The summed E-state index contributed by atoms with van der Waals surface area (Å²) in [4.78, 5) is 11.4. The van der Waals surface area contributed by atoms with E-state index in [1.807, 2.05) is 48.5 Å². The molecular formula is C19H22O4. The van der Waals surface area contributed by atoms with Crippen LogP contribution in [0.2, 0.25) is 0 Å². The molecule has 0 bridgehead atoms. The van der Waals surface area contributed by atoms with Gasteiger partial charge in [0.05, 0.1) is 12.5 Å². The molecule has 1 N–H and O–H groups in total. The van der Waals surface area contributed by atoms with E-state index >= 15 is 0 Å². The molecule has 122 valence electrons. The van der Waals surface area contributed by atoms with Crippen LogP contribution < -0.4 is 9.47 Å². The number of methoxy groups -OCH3 is 1. The highest BCUT2D eigenvalue weighted by atomic mass is 16.5. The van der Waals surface area contributed by atoms with E-state index in [1.54, 1.807) is 21.0 Å². The number of carboxylic acid groups (broad SMARTS) is 1. The molecule has 4 nitrogen and oxygen atoms in total. The highest BCUT2D eigenvalue weighted by molar-refractivity contribution is 5.74. The summed E-state index contributed by atoms with van der Waals surface area (Å²) in [5, 5.41) is 9.36. The molecule has 0 aliphatic heterocycles. The van der Waals surface area contributed by atoms with Gasteiger partial charge in [0.25, 0.3) is 0 Å². The van der Waals surface area contributed by atoms with Gasteiger partial charge in [-0.2, -0.15) is 0 Å². The van der Waals surface area contributed by atoms with Gasteiger partial charge in [0.1, 0.15) is 6.61 Å². The molecule has 0 radical (unpaired) electrons. The fourth-order valence-corrected chi connectivity index (χ4v) is 2.31. The van der Waals surface area contributed by atoms with Crippen molar-refractivity contribution in [2.45, 2.75) is 26.9 Å². The maximum Gasteiger partial charge on any atom is 0.309 e. The molecule has 0 aliphatic rings. The fourth-order valence-electron chi connectivity index (χ4n) is 2.31. The number of hydrogen-bond acceptors (Lipinski definition) is 3. The number of rotatable bonds is 7. The molecule has 0 saturated carbocycles. The Hall–Kier alpha value is -2.49. The molecule has 0 saturated heterocycles. The van der Waals surface area contributed by atoms with Gasteiger partial charge < -0.3 is 14.6 Å². The van der Waals surface area contributed by atoms with Crippen molar-refractivity contribution in [2.75, 3.05) is 7.11 Å². The number of carbonyl (C=O) groups is 1. The average Bonchev–Trinajstić information content (AvgIpc) is 2.54. The Kier molecular flexibility index (Phi) is 5.27. The van der Waals surface area contributed by atoms with Crippen molar-refractivity contribution in [1.82, 2.24) is 0 Å². The third-order valence-electron chi connectivity index (χ3n) is 3.72. The van der Waals surface area contributed by atoms with Crippen molar-refractivity contribution < 1.29 is 19.4 Å². The van der Waals surface area contributed by atoms with Gasteiger partial charge in [0.2, 0.25) is 0 Å². The number of hydrogen-bond donors (Lipinski definition) is 1. The van der Waals surface area contributed by atoms with Gasteiger partial charge in [-0.25, -0.2) is 0 Å². The van der Waals surface area contributed by atoms with Gasteiger partial charge in [-0.15, -0.1) is 0 Å². The first-order valence-electron chi connectivity index (χ1n) is 7.50. The quantitative estimate of drug-likeness (QED) is 0.841. The molecule has 0 spiro atoms. The largest absolute Gasteiger partial charge is 0.493 e. The minimum absolute atomic E-state index is 0.365. The molecule has 0 aromatic heterocycles. The molecule has 0 unspecified atom stereocenters. The van der Waals surface area contributed by atoms with Crippen LogP contribution in [0.1, 0.15) is 25.0 Å². The van der Waals surface area contributed by atoms with Crippen LogP contribution in [0.4, 0.5) is 0 Å². The van der Waals surface area contributed by atoms with Gasteiger partial charge >= 0.3 is 5.97 Å². The lowest BCUT2D eigenvalue weighted by Gasteiger charge is -2.22. The summed E-state index contributed by atoms with van der Waals surface area (Å²) in [5.74, 6) is 0.377. The van der Waals surface area contributed by atoms with Crippen LogP contribution in [-0.4, -0.2) is 18.2 Å². The van der Waals surface area contributed by atoms with Gasteiger partial charge in [0, 0.05) is 0 Å². The highest BCUT2D eigenvalue weighted by Crippen LogP contribution is 2.35. The second kappa shape index (κ2) is 7.18. The van der Waals surface area contributed by atoms with Crippen molar-refractivity contribution in [3.8, 4) is 11.5 Å². The fraction of sp³-hybridized carbons (Fsp3) is 0.316. The van der Waals surface area contributed by atoms with E-state index < -0.39 is 11.4 Å². The lowest BCUT2D eigenvalue weighted by Crippen LogP contribution is -2.26. The summed E-state index contributed by atoms with van der Waals surface area (Å²) in [6, 6.07) is 15.4. The maximum absolute atomic E-state index is 11.4. The normalized spacial score (nSPS) is 11.1. The predicted molar refractivity (Wildman–Crippen MR) is 88.9 cm³/mol. The number of aliphatic carboxylic acids is 1. The van der Waals surface area contributed by atoms with Crippen molar-refractivity contribution in [1.29, 1.82) is 0 Å². The van der Waals surface area contributed by atoms with E-state index in [4.69, 9.17) is 9.47 Å². The van der Waals surface area contributed by atoms with Crippen molar-refractivity contribution in [3.05, 3.63) is 59.7 Å². The van der Waals surface area contributed by atoms with Gasteiger partial charge in [-0.1, -0.05) is 42.5 Å². The molecule has 0 amide bonds. The van der Waals surface area contributed by atoms with Crippen LogP contribution in [0.15, 0.2) is 48.5 Å². The summed E-state index contributed by atoms with van der Waals surface area (Å²) in [5.41, 5.74) is 0.992. The van der Waals surface area contributed by atoms with E-state index in [1.165, 1.54) is 0 Å². The number of carboxylic acids is 1. The number of para-hydroxylation sites is 1. The summed E-state index contributed by atoms with van der Waals surface area (Å²) in [6.07, 6.45) is 0.365. The first kappa shape index (κ1) is 16.9. The van der Waals surface area contributed by atoms with Crippen LogP contribution in [0, 0.1) is 5.41 Å². The molecule has 0 heterocycles. The molecule has 2 rings (SSSR count). The molecule has 0 aliphatic carbocycles. The minimum atomic E-state index is -0.878. The second-order valence-electron chi connectivity index (χ2n) is 6.09. The standard InChI is InChI=1S/C19H22O4/c1-19(2,18(20)21)12-15-10-7-11-16(22-3)17(15)23-13-14-8-5-4-6-9-14/h4-11H,12-13H2,1-3H3,(H,20,21). The average molecular weight is 314 g/mol. The molecule has 23 heavy (non-hydrogen) atoms. The summed E-state index contributed by atoms with van der Waals surface area (Å²) >= 11 is 0. The lowest BCUT2D eigenvalue weighted by atomic mass is 9.85. The lowest BCUT2D eigenvalue weighted by molar-refractivity contribution is -0.146. The zero-order valence-corrected chi connectivity index (χ0v) is 13.7. The first-order chi connectivity index (χ1) is 10.9. The van der Waals surface area contributed by atoms with Crippen molar-refractivity contribution in [3.63, 3.8) is 0 Å². The molecule has 0 fully saturated rings. The third kappa shape index (κ3) is 4.25. The molecule has 2 aromatic carbocycles. The Bertz CT molecular complexity index is 662. The van der Waals surface area contributed by atoms with Crippen LogP contribution in [0.25, 0.3) is 0 Å². The highest BCUT2D eigenvalue weighted by Gasteiger charge is 2.29. The van der Waals surface area contributed by atoms with E-state index in [0.29, 0.717) is 24.5 Å². The zero-order valence-electron chi connectivity index (χ0n) is 13.7. The molecule has 4 heteroatoms. The molecular weight excluding hydrogens is 292 g/mol.